The normalized spacial score (nSPS) is 11.4. The summed E-state index contributed by atoms with van der Waals surface area (Å²) in [7, 11) is 0. The fourth-order valence-corrected chi connectivity index (χ4v) is 4.42. The van der Waals surface area contributed by atoms with Gasteiger partial charge in [-0.1, -0.05) is 59.6 Å². The number of nitrogens with zero attached hydrogens (tertiary/aromatic N) is 2. The number of allylic oxidation sites excluding steroid dienone is 1. The monoisotopic (exact) mass is 487 g/mol. The molecule has 0 fully saturated rings. The van der Waals surface area contributed by atoms with Gasteiger partial charge in [0.25, 0.3) is 5.91 Å². The number of hydrogen-bond donors (Lipinski definition) is 1. The van der Waals surface area contributed by atoms with Gasteiger partial charge in [-0.2, -0.15) is 5.26 Å². The third-order valence-corrected chi connectivity index (χ3v) is 6.32. The smallest absolute Gasteiger partial charge is 0.265 e. The summed E-state index contributed by atoms with van der Waals surface area (Å²) >= 11 is 12.2. The highest BCUT2D eigenvalue weighted by molar-refractivity contribution is 6.42. The number of amides is 1. The number of anilines is 1. The number of fused-ring (bicyclic) bond motifs is 1. The topological polar surface area (TPSA) is 57.8 Å². The van der Waals surface area contributed by atoms with Crippen LogP contribution >= 0.6 is 23.2 Å². The molecular weight excluding hydrogens is 465 g/mol. The second-order valence-electron chi connectivity index (χ2n) is 8.31. The lowest BCUT2D eigenvalue weighted by Crippen LogP contribution is -2.14. The molecule has 0 saturated carbocycles. The van der Waals surface area contributed by atoms with E-state index in [4.69, 9.17) is 23.2 Å². The number of nitriles is 1. The molecule has 1 amide bonds. The molecule has 0 aliphatic heterocycles. The molecule has 0 bridgehead atoms. The molecule has 1 aromatic heterocycles. The predicted octanol–water partition coefficient (Wildman–Crippen LogP) is 7.24. The molecule has 0 aliphatic rings. The van der Waals surface area contributed by atoms with Crippen LogP contribution in [0.2, 0.25) is 10.0 Å². The standard InChI is InChI=1S/C28H23Cl2N3O/c1-18-11-19(2)13-23(12-18)32-28(34)21(15-31)8-9-22-17-33(27-6-4-3-5-24(22)27)16-20-7-10-25(29)26(30)14-20/h3-8,10-14,17H,9,16H2,1-2H3,(H,32,34)/b21-8+. The van der Waals surface area contributed by atoms with Gasteiger partial charge in [0.05, 0.1) is 10.0 Å². The average Bonchev–Trinajstić information content (AvgIpc) is 3.13. The van der Waals surface area contributed by atoms with Crippen LogP contribution in [-0.4, -0.2) is 10.5 Å². The Bertz CT molecular complexity index is 1440. The quantitative estimate of drug-likeness (QED) is 0.230. The van der Waals surface area contributed by atoms with E-state index >= 15 is 0 Å². The maximum absolute atomic E-state index is 12.7. The number of benzene rings is 3. The zero-order chi connectivity index (χ0) is 24.2. The van der Waals surface area contributed by atoms with Crippen LogP contribution in [0.1, 0.15) is 22.3 Å². The molecular formula is C28H23Cl2N3O. The Morgan fingerprint density at radius 1 is 1.03 bits per heavy atom. The first-order valence-electron chi connectivity index (χ1n) is 10.8. The number of halogens is 2. The predicted molar refractivity (Wildman–Crippen MR) is 139 cm³/mol. The van der Waals surface area contributed by atoms with Crippen LogP contribution in [0.25, 0.3) is 10.9 Å². The molecule has 170 valence electrons. The summed E-state index contributed by atoms with van der Waals surface area (Å²) in [5, 5.41) is 14.6. The zero-order valence-electron chi connectivity index (χ0n) is 18.9. The van der Waals surface area contributed by atoms with Crippen LogP contribution in [0.3, 0.4) is 0 Å². The summed E-state index contributed by atoms with van der Waals surface area (Å²) in [5.41, 5.74) is 5.99. The van der Waals surface area contributed by atoms with Crippen LogP contribution in [0.5, 0.6) is 0 Å². The first-order valence-corrected chi connectivity index (χ1v) is 11.6. The number of carbonyl (C=O) groups excluding carboxylic acids is 1. The number of hydrogen-bond acceptors (Lipinski definition) is 2. The first kappa shape index (κ1) is 23.6. The largest absolute Gasteiger partial charge is 0.343 e. The van der Waals surface area contributed by atoms with E-state index in [1.807, 2.05) is 68.4 Å². The van der Waals surface area contributed by atoms with Crippen molar-refractivity contribution in [3.8, 4) is 6.07 Å². The van der Waals surface area contributed by atoms with Crippen molar-refractivity contribution in [1.29, 1.82) is 5.26 Å². The van der Waals surface area contributed by atoms with E-state index < -0.39 is 5.91 Å². The van der Waals surface area contributed by atoms with Crippen LogP contribution in [0.15, 0.2) is 78.5 Å². The summed E-state index contributed by atoms with van der Waals surface area (Å²) in [6.07, 6.45) is 4.20. The maximum Gasteiger partial charge on any atom is 0.265 e. The number of aryl methyl sites for hydroxylation is 2. The SMILES string of the molecule is Cc1cc(C)cc(NC(=O)/C(C#N)=C/Cc2cn(Cc3ccc(Cl)c(Cl)c3)c3ccccc23)c1. The molecule has 4 nitrogen and oxygen atoms in total. The van der Waals surface area contributed by atoms with Crippen molar-refractivity contribution in [2.45, 2.75) is 26.8 Å². The van der Waals surface area contributed by atoms with E-state index in [1.165, 1.54) is 0 Å². The molecule has 0 unspecified atom stereocenters. The Balaban J connectivity index is 1.58. The van der Waals surface area contributed by atoms with E-state index in [0.29, 0.717) is 28.7 Å². The third-order valence-electron chi connectivity index (χ3n) is 5.58. The van der Waals surface area contributed by atoms with E-state index in [-0.39, 0.29) is 5.57 Å². The van der Waals surface area contributed by atoms with Gasteiger partial charge in [-0.05, 0) is 72.9 Å². The molecule has 0 aliphatic carbocycles. The van der Waals surface area contributed by atoms with Gasteiger partial charge in [-0.3, -0.25) is 4.79 Å². The second kappa shape index (κ2) is 10.2. The maximum atomic E-state index is 12.7. The zero-order valence-corrected chi connectivity index (χ0v) is 20.4. The van der Waals surface area contributed by atoms with Gasteiger partial charge in [-0.15, -0.1) is 0 Å². The molecule has 1 heterocycles. The molecule has 34 heavy (non-hydrogen) atoms. The van der Waals surface area contributed by atoms with Crippen molar-refractivity contribution < 1.29 is 4.79 Å². The highest BCUT2D eigenvalue weighted by Gasteiger charge is 2.12. The molecule has 0 spiro atoms. The molecule has 4 rings (SSSR count). The summed E-state index contributed by atoms with van der Waals surface area (Å²) in [6.45, 7) is 4.56. The molecule has 4 aromatic rings. The van der Waals surface area contributed by atoms with Crippen LogP contribution in [0.4, 0.5) is 5.69 Å². The van der Waals surface area contributed by atoms with Crippen molar-refractivity contribution in [3.05, 3.63) is 111 Å². The van der Waals surface area contributed by atoms with Crippen LogP contribution < -0.4 is 5.32 Å². The highest BCUT2D eigenvalue weighted by atomic mass is 35.5. The summed E-state index contributed by atoms with van der Waals surface area (Å²) in [4.78, 5) is 12.7. The van der Waals surface area contributed by atoms with E-state index in [1.54, 1.807) is 12.1 Å². The average molecular weight is 488 g/mol. The molecule has 1 N–H and O–H groups in total. The lowest BCUT2D eigenvalue weighted by molar-refractivity contribution is -0.112. The van der Waals surface area contributed by atoms with Gasteiger partial charge < -0.3 is 9.88 Å². The van der Waals surface area contributed by atoms with Crippen molar-refractivity contribution in [2.24, 2.45) is 0 Å². The Kier molecular flexibility index (Phi) is 7.07. The summed E-state index contributed by atoms with van der Waals surface area (Å²) in [6, 6.07) is 21.5. The minimum Gasteiger partial charge on any atom is -0.343 e. The Morgan fingerprint density at radius 2 is 1.76 bits per heavy atom. The molecule has 3 aromatic carbocycles. The highest BCUT2D eigenvalue weighted by Crippen LogP contribution is 2.26. The molecule has 0 atom stereocenters. The lowest BCUT2D eigenvalue weighted by Gasteiger charge is -2.07. The van der Waals surface area contributed by atoms with Crippen molar-refractivity contribution >= 4 is 45.7 Å². The van der Waals surface area contributed by atoms with Gasteiger partial charge in [-0.25, -0.2) is 0 Å². The van der Waals surface area contributed by atoms with Gasteiger partial charge in [0, 0.05) is 29.3 Å². The van der Waals surface area contributed by atoms with Crippen LogP contribution in [-0.2, 0) is 17.8 Å². The van der Waals surface area contributed by atoms with Gasteiger partial charge in [0.15, 0.2) is 0 Å². The van der Waals surface area contributed by atoms with Crippen molar-refractivity contribution in [1.82, 2.24) is 4.57 Å². The third kappa shape index (κ3) is 5.34. The first-order chi connectivity index (χ1) is 16.3. The number of carbonyl (C=O) groups is 1. The summed E-state index contributed by atoms with van der Waals surface area (Å²) in [5.74, 6) is -0.410. The fraction of sp³-hybridized carbons (Fsp3) is 0.143. The molecule has 6 heteroatoms. The lowest BCUT2D eigenvalue weighted by atomic mass is 10.1. The Morgan fingerprint density at radius 3 is 2.47 bits per heavy atom. The number of nitrogens with one attached hydrogen (secondary N) is 1. The van der Waals surface area contributed by atoms with E-state index in [0.717, 1.165) is 33.2 Å². The second-order valence-corrected chi connectivity index (χ2v) is 9.13. The minimum absolute atomic E-state index is 0.0838. The number of rotatable bonds is 6. The Labute approximate surface area is 209 Å². The fourth-order valence-electron chi connectivity index (χ4n) is 4.10. The molecule has 0 radical (unpaired) electrons. The Hall–Kier alpha value is -3.52. The molecule has 0 saturated heterocycles. The number of para-hydroxylation sites is 1. The minimum atomic E-state index is -0.410. The van der Waals surface area contributed by atoms with Crippen LogP contribution in [0, 0.1) is 25.2 Å². The number of aromatic nitrogens is 1. The van der Waals surface area contributed by atoms with Gasteiger partial charge in [0.1, 0.15) is 11.6 Å². The van der Waals surface area contributed by atoms with Gasteiger partial charge in [0.2, 0.25) is 0 Å². The summed E-state index contributed by atoms with van der Waals surface area (Å²) < 4.78 is 2.14. The van der Waals surface area contributed by atoms with Gasteiger partial charge >= 0.3 is 0 Å². The van der Waals surface area contributed by atoms with Crippen molar-refractivity contribution in [3.63, 3.8) is 0 Å². The van der Waals surface area contributed by atoms with E-state index in [2.05, 4.69) is 22.1 Å². The van der Waals surface area contributed by atoms with E-state index in [9.17, 15) is 10.1 Å². The van der Waals surface area contributed by atoms with Crippen molar-refractivity contribution in [2.75, 3.05) is 5.32 Å².